The van der Waals surface area contributed by atoms with Gasteiger partial charge in [-0.15, -0.1) is 0 Å². The predicted molar refractivity (Wildman–Crippen MR) is 230 cm³/mol. The number of carbonyl (C=O) groups excluding carboxylic acids is 6. The normalized spacial score (nSPS) is 21.7. The zero-order valence-electron chi connectivity index (χ0n) is 37.0. The fourth-order valence-corrected chi connectivity index (χ4v) is 7.72. The number of aromatic amines is 1. The molecule has 2 saturated heterocycles. The lowest BCUT2D eigenvalue weighted by Crippen LogP contribution is -2.42. The zero-order valence-corrected chi connectivity index (χ0v) is 37.0. The van der Waals surface area contributed by atoms with Gasteiger partial charge in [-0.05, 0) is 18.1 Å². The van der Waals surface area contributed by atoms with Crippen LogP contribution in [0.15, 0.2) is 62.9 Å². The smallest absolute Gasteiger partial charge is 0.330 e. The molecular formula is C45H37N7O17. The number of carbonyl (C=O) groups is 6. The van der Waals surface area contributed by atoms with Gasteiger partial charge in [0.15, 0.2) is 58.6 Å². The molecule has 6 aromatic rings. The predicted octanol–water partition coefficient (Wildman–Crippen LogP) is 1.52. The van der Waals surface area contributed by atoms with Gasteiger partial charge >= 0.3 is 41.5 Å². The highest BCUT2D eigenvalue weighted by atomic mass is 16.8. The van der Waals surface area contributed by atoms with E-state index in [4.69, 9.17) is 48.0 Å². The molecule has 8 unspecified atom stereocenters. The van der Waals surface area contributed by atoms with Crippen LogP contribution in [0.2, 0.25) is 0 Å². The van der Waals surface area contributed by atoms with Gasteiger partial charge < -0.3 is 48.0 Å². The minimum absolute atomic E-state index is 0.0374. The van der Waals surface area contributed by atoms with E-state index in [1.54, 1.807) is 36.4 Å². The van der Waals surface area contributed by atoms with Crippen LogP contribution in [0.25, 0.3) is 33.1 Å². The second kappa shape index (κ2) is 18.8. The summed E-state index contributed by atoms with van der Waals surface area (Å²) < 4.78 is 52.6. The summed E-state index contributed by atoms with van der Waals surface area (Å²) in [4.78, 5) is 114. The van der Waals surface area contributed by atoms with Crippen molar-refractivity contribution >= 4 is 74.7 Å². The summed E-state index contributed by atoms with van der Waals surface area (Å²) in [5, 5.41) is 1.21. The van der Waals surface area contributed by atoms with E-state index in [0.717, 1.165) is 58.6 Å². The molecule has 8 atom stereocenters. The molecule has 2 fully saturated rings. The Bertz CT molecular complexity index is 3380. The summed E-state index contributed by atoms with van der Waals surface area (Å²) in [5.41, 5.74) is 5.44. The van der Waals surface area contributed by atoms with Gasteiger partial charge in [0.05, 0.1) is 11.1 Å². The Morgan fingerprint density at radius 3 is 1.64 bits per heavy atom. The largest absolute Gasteiger partial charge is 0.453 e. The number of nitrogen functional groups attached to an aromatic ring is 1. The molecule has 8 rings (SSSR count). The van der Waals surface area contributed by atoms with E-state index in [2.05, 4.69) is 43.6 Å². The van der Waals surface area contributed by atoms with Crippen molar-refractivity contribution in [3.8, 4) is 23.7 Å². The molecule has 0 spiro atoms. The number of anilines is 1. The number of hydrogen-bond donors (Lipinski definition) is 2. The third-order valence-electron chi connectivity index (χ3n) is 10.2. The Labute approximate surface area is 386 Å². The number of ether oxygens (including phenoxy) is 8. The van der Waals surface area contributed by atoms with E-state index in [-0.39, 0.29) is 34.0 Å². The summed E-state index contributed by atoms with van der Waals surface area (Å²) in [5.74, 6) is 6.75. The first kappa shape index (κ1) is 46.7. The first-order valence-electron chi connectivity index (χ1n) is 20.5. The van der Waals surface area contributed by atoms with Gasteiger partial charge in [0.1, 0.15) is 11.9 Å². The molecule has 3 N–H and O–H groups in total. The first-order chi connectivity index (χ1) is 32.9. The van der Waals surface area contributed by atoms with Crippen LogP contribution in [-0.4, -0.2) is 102 Å². The van der Waals surface area contributed by atoms with E-state index in [0.29, 0.717) is 27.5 Å². The maximum absolute atomic E-state index is 13.2. The molecule has 354 valence electrons. The van der Waals surface area contributed by atoms with Crippen molar-refractivity contribution in [3.63, 3.8) is 0 Å². The van der Waals surface area contributed by atoms with E-state index in [9.17, 15) is 38.4 Å². The van der Waals surface area contributed by atoms with Crippen LogP contribution < -0.4 is 17.0 Å². The number of benzene rings is 2. The number of fused-ring (bicyclic) bond motifs is 4. The molecule has 0 aliphatic carbocycles. The second-order valence-corrected chi connectivity index (χ2v) is 15.2. The third kappa shape index (κ3) is 9.42. The summed E-state index contributed by atoms with van der Waals surface area (Å²) in [6.07, 6.45) is -9.72. The summed E-state index contributed by atoms with van der Waals surface area (Å²) in [7, 11) is 0. The minimum Gasteiger partial charge on any atom is -0.453 e. The van der Waals surface area contributed by atoms with Gasteiger partial charge in [-0.25, -0.2) is 19.7 Å². The first-order valence-corrected chi connectivity index (χ1v) is 20.5. The van der Waals surface area contributed by atoms with Crippen LogP contribution in [0.4, 0.5) is 5.82 Å². The molecular weight excluding hydrogens is 911 g/mol. The monoisotopic (exact) mass is 947 g/mol. The van der Waals surface area contributed by atoms with Crippen LogP contribution in [0, 0.1) is 23.7 Å². The fourth-order valence-electron chi connectivity index (χ4n) is 7.72. The average molecular weight is 948 g/mol. The molecule has 0 amide bonds. The topological polar surface area (TPSA) is 314 Å². The Morgan fingerprint density at radius 1 is 0.623 bits per heavy atom. The van der Waals surface area contributed by atoms with Gasteiger partial charge in [-0.2, -0.15) is 0 Å². The van der Waals surface area contributed by atoms with Crippen LogP contribution in [0.5, 0.6) is 0 Å². The van der Waals surface area contributed by atoms with Crippen LogP contribution in [0.3, 0.4) is 0 Å². The number of H-pyrrole nitrogens is 1. The lowest BCUT2D eigenvalue weighted by Gasteiger charge is -2.23. The summed E-state index contributed by atoms with van der Waals surface area (Å²) in [6.45, 7) is 6.55. The highest BCUT2D eigenvalue weighted by molar-refractivity contribution is 6.08. The summed E-state index contributed by atoms with van der Waals surface area (Å²) >= 11 is 0. The van der Waals surface area contributed by atoms with Crippen LogP contribution >= 0.6 is 0 Å². The third-order valence-corrected chi connectivity index (χ3v) is 10.2. The van der Waals surface area contributed by atoms with Gasteiger partial charge in [-0.3, -0.25) is 47.7 Å². The number of nitrogens with one attached hydrogen (secondary N) is 1. The average Bonchev–Trinajstić information content (AvgIpc) is 4.01. The number of esters is 6. The molecule has 0 saturated carbocycles. The number of hydrogen-bond acceptors (Lipinski definition) is 21. The van der Waals surface area contributed by atoms with Crippen molar-refractivity contribution in [2.75, 3.05) is 5.73 Å². The van der Waals surface area contributed by atoms with Crippen molar-refractivity contribution in [3.05, 3.63) is 92.3 Å². The number of para-hydroxylation sites is 2. The van der Waals surface area contributed by atoms with Gasteiger partial charge in [0.25, 0.3) is 5.56 Å². The fraction of sp³-hybridized carbons (Fsp3) is 0.311. The molecule has 69 heavy (non-hydrogen) atoms. The van der Waals surface area contributed by atoms with Gasteiger partial charge in [0.2, 0.25) is 24.8 Å². The van der Waals surface area contributed by atoms with Crippen LogP contribution in [-0.2, 0) is 66.7 Å². The van der Waals surface area contributed by atoms with E-state index < -0.39 is 96.5 Å². The molecule has 2 aliphatic rings. The van der Waals surface area contributed by atoms with Gasteiger partial charge in [0, 0.05) is 58.5 Å². The Balaban J connectivity index is 1.19. The van der Waals surface area contributed by atoms with Crippen molar-refractivity contribution < 1.29 is 71.1 Å². The number of rotatable bonds is 8. The SMILES string of the molecule is CC(=O)OC1OC(n2cc(C#Cc3cccc4c3oc3c(C#Cc5nc6c(N)ncnc6n5C5OC(OC(C)=O)C(OC(C)=O)C5OC(C)=O)cccc34)c(=O)[nH]c2=O)C(OC(C)=O)C1OC(C)=O. The molecule has 24 heteroatoms. The van der Waals surface area contributed by atoms with Gasteiger partial charge in [-0.1, -0.05) is 42.0 Å². The van der Waals surface area contributed by atoms with Crippen molar-refractivity contribution in [1.82, 2.24) is 29.1 Å². The molecule has 6 heterocycles. The maximum atomic E-state index is 13.2. The Morgan fingerprint density at radius 2 is 1.10 bits per heavy atom. The second-order valence-electron chi connectivity index (χ2n) is 15.2. The number of nitrogens with two attached hydrogens (primary N) is 1. The molecule has 0 radical (unpaired) electrons. The van der Waals surface area contributed by atoms with Crippen LogP contribution in [0.1, 0.15) is 76.5 Å². The number of nitrogens with zero attached hydrogens (tertiary/aromatic N) is 5. The zero-order chi connectivity index (χ0) is 49.4. The maximum Gasteiger partial charge on any atom is 0.330 e. The number of aromatic nitrogens is 6. The quantitative estimate of drug-likeness (QED) is 0.124. The minimum atomic E-state index is -1.60. The lowest BCUT2D eigenvalue weighted by atomic mass is 10.1. The molecule has 0 bridgehead atoms. The van der Waals surface area contributed by atoms with Crippen molar-refractivity contribution in [1.29, 1.82) is 0 Å². The highest BCUT2D eigenvalue weighted by Gasteiger charge is 2.54. The van der Waals surface area contributed by atoms with E-state index >= 15 is 0 Å². The Hall–Kier alpha value is -8.87. The highest BCUT2D eigenvalue weighted by Crippen LogP contribution is 2.39. The van der Waals surface area contributed by atoms with E-state index in [1.165, 1.54) is 4.57 Å². The summed E-state index contributed by atoms with van der Waals surface area (Å²) in [6, 6.07) is 10.3. The van der Waals surface area contributed by atoms with Crippen molar-refractivity contribution in [2.45, 2.75) is 91.0 Å². The standard InChI is InChI=1S/C45H37N7O17/c1-19(53)61-34-36(63-21(3)55)43(65-23(5)57)68-41(34)51-17-27(40(59)50-45(51)60)14-13-25-9-7-11-28-29-12-8-10-26(33(29)67-32(25)28)15-16-30-49-31-38(46)47-18-48-39(31)52(30)42-35(62-20(2)54)37(64-22(4)56)44(69-42)66-24(6)58/h7-12,17-18,34-37,41-44H,1-6H3,(H2,46,47,48)(H,50,59,60). The molecule has 2 aliphatic heterocycles. The molecule has 24 nitrogen and oxygen atoms in total. The Kier molecular flexibility index (Phi) is 12.7. The number of imidazole rings is 1. The lowest BCUT2D eigenvalue weighted by molar-refractivity contribution is -0.199. The molecule has 4 aromatic heterocycles. The number of furan rings is 1. The van der Waals surface area contributed by atoms with Crippen molar-refractivity contribution in [2.24, 2.45) is 0 Å². The molecule has 2 aromatic carbocycles. The van der Waals surface area contributed by atoms with E-state index in [1.807, 2.05) is 0 Å².